The highest BCUT2D eigenvalue weighted by Gasteiger charge is 2.18. The first-order valence-corrected chi connectivity index (χ1v) is 6.47. The van der Waals surface area contributed by atoms with Crippen LogP contribution >= 0.6 is 23.2 Å². The van der Waals surface area contributed by atoms with E-state index < -0.39 is 0 Å². The van der Waals surface area contributed by atoms with E-state index >= 15 is 0 Å². The molecule has 1 aromatic heterocycles. The summed E-state index contributed by atoms with van der Waals surface area (Å²) < 4.78 is 1.88. The molecule has 96 valence electrons. The third-order valence-corrected chi connectivity index (χ3v) is 3.81. The highest BCUT2D eigenvalue weighted by atomic mass is 35.5. The first kappa shape index (κ1) is 13.4. The first-order valence-electron chi connectivity index (χ1n) is 5.71. The number of benzene rings is 1. The summed E-state index contributed by atoms with van der Waals surface area (Å²) in [7, 11) is 0. The van der Waals surface area contributed by atoms with Crippen molar-refractivity contribution < 1.29 is 0 Å². The molecule has 1 atom stereocenters. The van der Waals surface area contributed by atoms with Crippen LogP contribution in [0.15, 0.2) is 24.3 Å². The molecule has 3 nitrogen and oxygen atoms in total. The van der Waals surface area contributed by atoms with Crippen molar-refractivity contribution in [1.29, 1.82) is 0 Å². The van der Waals surface area contributed by atoms with Crippen molar-refractivity contribution in [2.24, 2.45) is 5.73 Å². The van der Waals surface area contributed by atoms with E-state index in [2.05, 4.69) is 5.10 Å². The molecule has 2 rings (SSSR count). The Morgan fingerprint density at radius 3 is 2.28 bits per heavy atom. The molecular formula is C13H15Cl2N3. The lowest BCUT2D eigenvalue weighted by Gasteiger charge is -2.18. The molecule has 0 bridgehead atoms. The Bertz CT molecular complexity index is 546. The Balaban J connectivity index is 2.45. The molecule has 0 saturated heterocycles. The van der Waals surface area contributed by atoms with Crippen molar-refractivity contribution in [3.63, 3.8) is 0 Å². The van der Waals surface area contributed by atoms with Crippen molar-refractivity contribution in [1.82, 2.24) is 9.78 Å². The lowest BCUT2D eigenvalue weighted by atomic mass is 10.1. The summed E-state index contributed by atoms with van der Waals surface area (Å²) in [6, 6.07) is 7.61. The summed E-state index contributed by atoms with van der Waals surface area (Å²) in [5, 5.41) is 5.86. The average molecular weight is 284 g/mol. The van der Waals surface area contributed by atoms with Crippen molar-refractivity contribution >= 4 is 23.2 Å². The van der Waals surface area contributed by atoms with Crippen LogP contribution in [0, 0.1) is 13.8 Å². The van der Waals surface area contributed by atoms with Gasteiger partial charge in [-0.1, -0.05) is 35.3 Å². The van der Waals surface area contributed by atoms with E-state index in [0.717, 1.165) is 17.0 Å². The summed E-state index contributed by atoms with van der Waals surface area (Å²) in [6.45, 7) is 4.29. The maximum absolute atomic E-state index is 6.17. The Kier molecular flexibility index (Phi) is 3.95. The molecular weight excluding hydrogens is 269 g/mol. The number of aromatic nitrogens is 2. The number of nitrogens with two attached hydrogens (primary N) is 1. The van der Waals surface area contributed by atoms with E-state index in [4.69, 9.17) is 28.9 Å². The second-order valence-electron chi connectivity index (χ2n) is 4.23. The van der Waals surface area contributed by atoms with Crippen LogP contribution in [0.25, 0.3) is 0 Å². The van der Waals surface area contributed by atoms with Crippen LogP contribution in [-0.4, -0.2) is 16.3 Å². The van der Waals surface area contributed by atoms with Crippen LogP contribution < -0.4 is 5.73 Å². The molecule has 5 heteroatoms. The molecule has 0 aliphatic rings. The number of hydrogen-bond donors (Lipinski definition) is 1. The van der Waals surface area contributed by atoms with Gasteiger partial charge in [0.05, 0.1) is 22.5 Å². The molecule has 0 aliphatic carbocycles. The van der Waals surface area contributed by atoms with Gasteiger partial charge in [-0.05, 0) is 31.5 Å². The highest BCUT2D eigenvalue weighted by molar-refractivity contribution is 6.31. The fourth-order valence-corrected chi connectivity index (χ4v) is 2.26. The lowest BCUT2D eigenvalue weighted by molar-refractivity contribution is 0.516. The summed E-state index contributed by atoms with van der Waals surface area (Å²) in [5.41, 5.74) is 8.69. The van der Waals surface area contributed by atoms with E-state index in [1.54, 1.807) is 0 Å². The van der Waals surface area contributed by atoms with E-state index in [1.165, 1.54) is 0 Å². The predicted octanol–water partition coefficient (Wildman–Crippen LogP) is 3.35. The van der Waals surface area contributed by atoms with Crippen LogP contribution in [0.5, 0.6) is 0 Å². The molecule has 0 fully saturated rings. The summed E-state index contributed by atoms with van der Waals surface area (Å²) in [6.07, 6.45) is 0. The van der Waals surface area contributed by atoms with Crippen LogP contribution in [0.3, 0.4) is 0 Å². The summed E-state index contributed by atoms with van der Waals surface area (Å²) in [5.74, 6) is 0. The Labute approximate surface area is 117 Å². The van der Waals surface area contributed by atoms with Crippen LogP contribution in [0.2, 0.25) is 10.0 Å². The van der Waals surface area contributed by atoms with Gasteiger partial charge in [-0.25, -0.2) is 0 Å². The minimum atomic E-state index is -0.0199. The molecule has 1 heterocycles. The van der Waals surface area contributed by atoms with E-state index in [-0.39, 0.29) is 6.04 Å². The Morgan fingerprint density at radius 2 is 1.83 bits per heavy atom. The number of rotatable bonds is 3. The first-order chi connectivity index (χ1) is 8.54. The maximum atomic E-state index is 6.17. The molecule has 2 aromatic rings. The molecule has 18 heavy (non-hydrogen) atoms. The van der Waals surface area contributed by atoms with Crippen molar-refractivity contribution in [3.8, 4) is 0 Å². The lowest BCUT2D eigenvalue weighted by Crippen LogP contribution is -2.22. The number of halogens is 2. The van der Waals surface area contributed by atoms with Gasteiger partial charge in [0, 0.05) is 11.6 Å². The normalized spacial score (nSPS) is 12.7. The highest BCUT2D eigenvalue weighted by Crippen LogP contribution is 2.26. The third-order valence-electron chi connectivity index (χ3n) is 3.01. The zero-order valence-electron chi connectivity index (χ0n) is 10.3. The second-order valence-corrected chi connectivity index (χ2v) is 5.05. The van der Waals surface area contributed by atoms with Gasteiger partial charge in [0.15, 0.2) is 0 Å². The van der Waals surface area contributed by atoms with E-state index in [9.17, 15) is 0 Å². The third kappa shape index (κ3) is 2.39. The topological polar surface area (TPSA) is 43.8 Å². The summed E-state index contributed by atoms with van der Waals surface area (Å²) >= 11 is 12.1. The Morgan fingerprint density at radius 1 is 1.22 bits per heavy atom. The average Bonchev–Trinajstić information content (AvgIpc) is 2.61. The summed E-state index contributed by atoms with van der Waals surface area (Å²) in [4.78, 5) is 0. The largest absolute Gasteiger partial charge is 0.328 e. The van der Waals surface area contributed by atoms with Gasteiger partial charge in [0.25, 0.3) is 0 Å². The maximum Gasteiger partial charge on any atom is 0.0894 e. The van der Waals surface area contributed by atoms with Gasteiger partial charge in [-0.15, -0.1) is 0 Å². The van der Waals surface area contributed by atoms with Crippen LogP contribution in [0.4, 0.5) is 0 Å². The van der Waals surface area contributed by atoms with Gasteiger partial charge in [-0.2, -0.15) is 5.10 Å². The smallest absolute Gasteiger partial charge is 0.0894 e. The molecule has 0 radical (unpaired) electrons. The van der Waals surface area contributed by atoms with Gasteiger partial charge in [0.2, 0.25) is 0 Å². The Hall–Kier alpha value is -1.03. The minimum absolute atomic E-state index is 0.0199. The SMILES string of the molecule is Cc1nn(C(CN)c2ccc(Cl)cc2)c(C)c1Cl. The van der Waals surface area contributed by atoms with E-state index in [0.29, 0.717) is 16.6 Å². The molecule has 1 unspecified atom stereocenters. The van der Waals surface area contributed by atoms with Crippen molar-refractivity contribution in [2.75, 3.05) is 6.54 Å². The molecule has 0 spiro atoms. The minimum Gasteiger partial charge on any atom is -0.328 e. The quantitative estimate of drug-likeness (QED) is 0.939. The zero-order chi connectivity index (χ0) is 13.3. The van der Waals surface area contributed by atoms with E-state index in [1.807, 2.05) is 42.8 Å². The van der Waals surface area contributed by atoms with Gasteiger partial charge >= 0.3 is 0 Å². The number of aryl methyl sites for hydroxylation is 1. The molecule has 1 aromatic carbocycles. The monoisotopic (exact) mass is 283 g/mol. The fraction of sp³-hybridized carbons (Fsp3) is 0.308. The van der Waals surface area contributed by atoms with Gasteiger partial charge in [0.1, 0.15) is 0 Å². The van der Waals surface area contributed by atoms with Crippen LogP contribution in [-0.2, 0) is 0 Å². The number of nitrogens with zero attached hydrogens (tertiary/aromatic N) is 2. The fourth-order valence-electron chi connectivity index (χ4n) is 2.01. The standard InChI is InChI=1S/C13H15Cl2N3/c1-8-13(15)9(2)18(17-8)12(7-16)10-3-5-11(14)6-4-10/h3-6,12H,7,16H2,1-2H3. The number of hydrogen-bond acceptors (Lipinski definition) is 2. The second kappa shape index (κ2) is 5.31. The molecule has 2 N–H and O–H groups in total. The van der Waals surface area contributed by atoms with Crippen molar-refractivity contribution in [2.45, 2.75) is 19.9 Å². The molecule has 0 saturated carbocycles. The predicted molar refractivity (Wildman–Crippen MR) is 75.4 cm³/mol. The molecule has 0 amide bonds. The van der Waals surface area contributed by atoms with Crippen molar-refractivity contribution in [3.05, 3.63) is 51.3 Å². The molecule has 0 aliphatic heterocycles. The van der Waals surface area contributed by atoms with Gasteiger partial charge in [-0.3, -0.25) is 4.68 Å². The zero-order valence-corrected chi connectivity index (χ0v) is 11.8. The van der Waals surface area contributed by atoms with Gasteiger partial charge < -0.3 is 5.73 Å². The van der Waals surface area contributed by atoms with Crippen LogP contribution in [0.1, 0.15) is 23.0 Å².